The van der Waals surface area contributed by atoms with Crippen LogP contribution in [0.5, 0.6) is 5.75 Å². The number of fused-ring (bicyclic) bond motifs is 1. The van der Waals surface area contributed by atoms with E-state index in [0.29, 0.717) is 11.8 Å². The van der Waals surface area contributed by atoms with Crippen LogP contribution in [0.25, 0.3) is 10.9 Å². The second kappa shape index (κ2) is 13.2. The van der Waals surface area contributed by atoms with Gasteiger partial charge in [0.1, 0.15) is 10.1 Å². The highest BCUT2D eigenvalue weighted by Crippen LogP contribution is 2.32. The van der Waals surface area contributed by atoms with Crippen molar-refractivity contribution < 1.29 is 14.6 Å². The number of ether oxygens (including phenoxy) is 1. The van der Waals surface area contributed by atoms with E-state index in [-0.39, 0.29) is 6.42 Å². The number of nitrogens with zero attached hydrogens (tertiary/aromatic N) is 3. The predicted molar refractivity (Wildman–Crippen MR) is 144 cm³/mol. The van der Waals surface area contributed by atoms with Crippen LogP contribution in [-0.2, 0) is 11.2 Å². The number of methoxy groups -OCH3 is 1. The SMILES string of the molecule is COc1ccc2nccc(CCC[C@@H]3CCN(CCCSc4nccs4)C[C@@H]3CCC(=O)O)c2c1. The van der Waals surface area contributed by atoms with Gasteiger partial charge < -0.3 is 14.7 Å². The van der Waals surface area contributed by atoms with Gasteiger partial charge in [-0.1, -0.05) is 11.8 Å². The van der Waals surface area contributed by atoms with Gasteiger partial charge >= 0.3 is 5.97 Å². The summed E-state index contributed by atoms with van der Waals surface area (Å²) in [6, 6.07) is 8.18. The normalized spacial score (nSPS) is 18.7. The summed E-state index contributed by atoms with van der Waals surface area (Å²) in [5.41, 5.74) is 2.31. The Morgan fingerprint density at radius 2 is 2.11 bits per heavy atom. The molecule has 188 valence electrons. The summed E-state index contributed by atoms with van der Waals surface area (Å²) in [6.45, 7) is 3.22. The molecular weight excluding hydrogens is 478 g/mol. The first-order valence-electron chi connectivity index (χ1n) is 12.5. The number of hydrogen-bond acceptors (Lipinski definition) is 7. The van der Waals surface area contributed by atoms with Crippen molar-refractivity contribution in [2.45, 2.75) is 49.3 Å². The molecule has 8 heteroatoms. The van der Waals surface area contributed by atoms with Crippen molar-refractivity contribution in [2.75, 3.05) is 32.5 Å². The Labute approximate surface area is 216 Å². The van der Waals surface area contributed by atoms with Crippen LogP contribution < -0.4 is 4.74 Å². The Kier molecular flexibility index (Phi) is 9.80. The maximum atomic E-state index is 11.3. The lowest BCUT2D eigenvalue weighted by Crippen LogP contribution is -2.41. The molecule has 1 fully saturated rings. The number of thiazole rings is 1. The van der Waals surface area contributed by atoms with Gasteiger partial charge in [0.2, 0.25) is 0 Å². The topological polar surface area (TPSA) is 75.5 Å². The first kappa shape index (κ1) is 25.9. The molecule has 1 aliphatic rings. The van der Waals surface area contributed by atoms with Gasteiger partial charge in [-0.2, -0.15) is 0 Å². The number of piperidine rings is 1. The third kappa shape index (κ3) is 7.66. The summed E-state index contributed by atoms with van der Waals surface area (Å²) in [5, 5.41) is 12.5. The van der Waals surface area contributed by atoms with Crippen LogP contribution >= 0.6 is 23.1 Å². The Bertz CT molecular complexity index is 1080. The minimum Gasteiger partial charge on any atom is -0.497 e. The molecule has 6 nitrogen and oxygen atoms in total. The van der Waals surface area contributed by atoms with Gasteiger partial charge in [0.05, 0.1) is 12.6 Å². The minimum absolute atomic E-state index is 0.268. The quantitative estimate of drug-likeness (QED) is 0.222. The van der Waals surface area contributed by atoms with Crippen molar-refractivity contribution in [3.63, 3.8) is 0 Å². The van der Waals surface area contributed by atoms with Crippen LogP contribution in [0.3, 0.4) is 0 Å². The van der Waals surface area contributed by atoms with Crippen molar-refractivity contribution in [3.05, 3.63) is 47.6 Å². The summed E-state index contributed by atoms with van der Waals surface area (Å²) in [7, 11) is 1.70. The molecule has 4 rings (SSSR count). The second-order valence-corrected chi connectivity index (χ2v) is 11.5. The zero-order valence-corrected chi connectivity index (χ0v) is 22.0. The summed E-state index contributed by atoms with van der Waals surface area (Å²) >= 11 is 3.53. The number of thioether (sulfide) groups is 1. The van der Waals surface area contributed by atoms with Crippen LogP contribution in [-0.4, -0.2) is 58.4 Å². The molecule has 3 aromatic rings. The maximum absolute atomic E-state index is 11.3. The zero-order valence-electron chi connectivity index (χ0n) is 20.4. The fourth-order valence-electron chi connectivity index (χ4n) is 5.19. The molecule has 1 aromatic carbocycles. The first-order valence-corrected chi connectivity index (χ1v) is 14.4. The second-order valence-electron chi connectivity index (χ2n) is 9.29. The Morgan fingerprint density at radius 3 is 2.91 bits per heavy atom. The molecule has 0 saturated carbocycles. The third-order valence-corrected chi connectivity index (χ3v) is 9.07. The average molecular weight is 514 g/mol. The summed E-state index contributed by atoms with van der Waals surface area (Å²) in [4.78, 5) is 22.7. The molecule has 0 spiro atoms. The Hall–Kier alpha value is -2.16. The van der Waals surface area contributed by atoms with Gasteiger partial charge in [0, 0.05) is 41.9 Å². The standard InChI is InChI=1S/C27H35N3O3S2/c1-33-23-7-8-25-24(18-23)21(10-12-28-25)5-2-4-20-11-15-30(19-22(20)6-9-26(31)32)14-3-16-34-27-29-13-17-35-27/h7-8,10,12-13,17-18,20,22H,2-6,9,11,14-16,19H2,1H3,(H,31,32)/t20-,22+/m1/s1. The lowest BCUT2D eigenvalue weighted by atomic mass is 9.79. The van der Waals surface area contributed by atoms with Crippen molar-refractivity contribution in [2.24, 2.45) is 11.8 Å². The maximum Gasteiger partial charge on any atom is 0.303 e. The summed E-state index contributed by atoms with van der Waals surface area (Å²) in [5.74, 6) is 2.31. The molecule has 0 unspecified atom stereocenters. The number of aryl methyl sites for hydroxylation is 1. The molecule has 1 N–H and O–H groups in total. The van der Waals surface area contributed by atoms with Crippen molar-refractivity contribution >= 4 is 40.0 Å². The highest BCUT2D eigenvalue weighted by atomic mass is 32.2. The Balaban J connectivity index is 1.29. The number of likely N-dealkylation sites (tertiary alicyclic amines) is 1. The van der Waals surface area contributed by atoms with E-state index in [1.165, 1.54) is 10.9 Å². The van der Waals surface area contributed by atoms with Gasteiger partial charge in [-0.25, -0.2) is 4.98 Å². The lowest BCUT2D eigenvalue weighted by Gasteiger charge is -2.39. The van der Waals surface area contributed by atoms with Crippen LogP contribution in [0.4, 0.5) is 0 Å². The third-order valence-electron chi connectivity index (χ3n) is 7.02. The molecule has 0 bridgehead atoms. The monoisotopic (exact) mass is 513 g/mol. The highest BCUT2D eigenvalue weighted by Gasteiger charge is 2.29. The molecular formula is C27H35N3O3S2. The molecule has 3 heterocycles. The highest BCUT2D eigenvalue weighted by molar-refractivity contribution is 8.00. The van der Waals surface area contributed by atoms with Crippen molar-refractivity contribution in [1.29, 1.82) is 0 Å². The molecule has 0 aliphatic carbocycles. The van der Waals surface area contributed by atoms with Crippen molar-refractivity contribution in [1.82, 2.24) is 14.9 Å². The molecule has 1 saturated heterocycles. The van der Waals surface area contributed by atoms with E-state index >= 15 is 0 Å². The number of aromatic nitrogens is 2. The molecule has 2 aromatic heterocycles. The molecule has 35 heavy (non-hydrogen) atoms. The predicted octanol–water partition coefficient (Wildman–Crippen LogP) is 6.01. The number of carboxylic acids is 1. The van der Waals surface area contributed by atoms with E-state index in [0.717, 1.165) is 79.5 Å². The fraction of sp³-hybridized carbons (Fsp3) is 0.519. The average Bonchev–Trinajstić information content (AvgIpc) is 3.39. The molecule has 2 atom stereocenters. The minimum atomic E-state index is -0.682. The molecule has 0 radical (unpaired) electrons. The van der Waals surface area contributed by atoms with Gasteiger partial charge in [-0.15, -0.1) is 11.3 Å². The smallest absolute Gasteiger partial charge is 0.303 e. The van der Waals surface area contributed by atoms with Gasteiger partial charge in [0.15, 0.2) is 0 Å². The zero-order chi connectivity index (χ0) is 24.5. The molecule has 1 aliphatic heterocycles. The summed E-state index contributed by atoms with van der Waals surface area (Å²) < 4.78 is 6.56. The van der Waals surface area contributed by atoms with E-state index in [1.807, 2.05) is 41.7 Å². The van der Waals surface area contributed by atoms with Crippen molar-refractivity contribution in [3.8, 4) is 5.75 Å². The number of benzene rings is 1. The van der Waals surface area contributed by atoms with E-state index in [4.69, 9.17) is 4.74 Å². The number of pyridine rings is 1. The van der Waals surface area contributed by atoms with Crippen LogP contribution in [0.2, 0.25) is 0 Å². The fourth-order valence-corrected chi connectivity index (χ4v) is 6.82. The van der Waals surface area contributed by atoms with E-state index in [9.17, 15) is 9.90 Å². The van der Waals surface area contributed by atoms with E-state index in [2.05, 4.69) is 27.0 Å². The van der Waals surface area contributed by atoms with Crippen LogP contribution in [0, 0.1) is 11.8 Å². The first-order chi connectivity index (χ1) is 17.1. The van der Waals surface area contributed by atoms with E-state index in [1.54, 1.807) is 18.4 Å². The van der Waals surface area contributed by atoms with Crippen LogP contribution in [0.1, 0.15) is 44.1 Å². The number of rotatable bonds is 13. The summed E-state index contributed by atoms with van der Waals surface area (Å²) in [6.07, 6.45) is 10.4. The number of hydrogen-bond donors (Lipinski definition) is 1. The van der Waals surface area contributed by atoms with Gasteiger partial charge in [-0.05, 0) is 93.3 Å². The number of carbonyl (C=O) groups is 1. The van der Waals surface area contributed by atoms with Gasteiger partial charge in [0.25, 0.3) is 0 Å². The van der Waals surface area contributed by atoms with Crippen LogP contribution in [0.15, 0.2) is 46.4 Å². The molecule has 0 amide bonds. The van der Waals surface area contributed by atoms with Gasteiger partial charge in [-0.3, -0.25) is 9.78 Å². The number of aliphatic carboxylic acids is 1. The Morgan fingerprint density at radius 1 is 1.20 bits per heavy atom. The number of carboxylic acid groups (broad SMARTS) is 1. The van der Waals surface area contributed by atoms with E-state index < -0.39 is 5.97 Å². The largest absolute Gasteiger partial charge is 0.497 e. The lowest BCUT2D eigenvalue weighted by molar-refractivity contribution is -0.137.